The van der Waals surface area contributed by atoms with Crippen molar-refractivity contribution in [3.63, 3.8) is 0 Å². The predicted octanol–water partition coefficient (Wildman–Crippen LogP) is 4.79. The van der Waals surface area contributed by atoms with Gasteiger partial charge >= 0.3 is 0 Å². The molecule has 2 aromatic carbocycles. The third-order valence-electron chi connectivity index (χ3n) is 3.83. The number of nitro groups is 1. The number of benzene rings is 2. The summed E-state index contributed by atoms with van der Waals surface area (Å²) in [5.41, 5.74) is 1.74. The second-order valence-corrected chi connectivity index (χ2v) is 7.13. The number of thioether (sulfide) groups is 1. The van der Waals surface area contributed by atoms with Gasteiger partial charge in [-0.05, 0) is 48.0 Å². The minimum absolute atomic E-state index is 0.0306. The number of imide groups is 1. The number of carbonyl (C=O) groups excluding carboxylic acids is 2. The number of rotatable bonds is 4. The highest BCUT2D eigenvalue weighted by molar-refractivity contribution is 8.18. The molecule has 0 radical (unpaired) electrons. The van der Waals surface area contributed by atoms with Gasteiger partial charge in [-0.3, -0.25) is 24.6 Å². The van der Waals surface area contributed by atoms with E-state index in [1.165, 1.54) is 12.1 Å². The molecule has 2 aromatic rings. The molecule has 0 unspecified atom stereocenters. The van der Waals surface area contributed by atoms with Crippen molar-refractivity contribution in [3.05, 3.63) is 79.2 Å². The van der Waals surface area contributed by atoms with E-state index >= 15 is 0 Å². The average Bonchev–Trinajstić information content (AvgIpc) is 2.84. The van der Waals surface area contributed by atoms with Gasteiger partial charge in [-0.1, -0.05) is 35.9 Å². The Hall–Kier alpha value is -2.64. The van der Waals surface area contributed by atoms with Crippen LogP contribution in [0, 0.1) is 17.0 Å². The van der Waals surface area contributed by atoms with Gasteiger partial charge in [0.15, 0.2) is 0 Å². The molecule has 2 amide bonds. The third kappa shape index (κ3) is 3.79. The molecule has 0 N–H and O–H groups in total. The van der Waals surface area contributed by atoms with E-state index in [1.54, 1.807) is 43.3 Å². The topological polar surface area (TPSA) is 80.5 Å². The number of hydrogen-bond donors (Lipinski definition) is 0. The molecule has 26 heavy (non-hydrogen) atoms. The maximum absolute atomic E-state index is 12.5. The molecule has 1 fully saturated rings. The Labute approximate surface area is 158 Å². The first-order chi connectivity index (χ1) is 12.3. The zero-order valence-electron chi connectivity index (χ0n) is 13.6. The summed E-state index contributed by atoms with van der Waals surface area (Å²) in [5, 5.41) is 11.2. The number of halogens is 1. The molecule has 132 valence electrons. The van der Waals surface area contributed by atoms with Crippen molar-refractivity contribution >= 4 is 46.3 Å². The van der Waals surface area contributed by atoms with Gasteiger partial charge in [0.2, 0.25) is 0 Å². The van der Waals surface area contributed by atoms with Crippen LogP contribution in [-0.4, -0.2) is 21.0 Å². The molecular weight excluding hydrogens is 376 g/mol. The molecule has 1 heterocycles. The summed E-state index contributed by atoms with van der Waals surface area (Å²) >= 11 is 6.75. The Morgan fingerprint density at radius 2 is 2.00 bits per heavy atom. The van der Waals surface area contributed by atoms with E-state index in [2.05, 4.69) is 0 Å². The van der Waals surface area contributed by atoms with Crippen LogP contribution in [0.15, 0.2) is 47.4 Å². The number of amides is 2. The lowest BCUT2D eigenvalue weighted by atomic mass is 10.1. The van der Waals surface area contributed by atoms with Crippen LogP contribution in [0.5, 0.6) is 0 Å². The van der Waals surface area contributed by atoms with Crippen LogP contribution in [0.4, 0.5) is 10.5 Å². The monoisotopic (exact) mass is 388 g/mol. The molecule has 3 rings (SSSR count). The highest BCUT2D eigenvalue weighted by atomic mass is 35.5. The van der Waals surface area contributed by atoms with Crippen molar-refractivity contribution < 1.29 is 14.5 Å². The largest absolute Gasteiger partial charge is 0.293 e. The van der Waals surface area contributed by atoms with E-state index in [9.17, 15) is 19.7 Å². The van der Waals surface area contributed by atoms with Crippen LogP contribution in [0.25, 0.3) is 6.08 Å². The lowest BCUT2D eigenvalue weighted by Gasteiger charge is -2.12. The van der Waals surface area contributed by atoms with E-state index in [-0.39, 0.29) is 22.4 Å². The van der Waals surface area contributed by atoms with E-state index in [0.717, 1.165) is 22.2 Å². The fourth-order valence-corrected chi connectivity index (χ4v) is 3.57. The number of nitro benzene ring substituents is 1. The van der Waals surface area contributed by atoms with Crippen molar-refractivity contribution in [2.75, 3.05) is 0 Å². The van der Waals surface area contributed by atoms with Crippen molar-refractivity contribution in [1.29, 1.82) is 0 Å². The first-order valence-corrected chi connectivity index (χ1v) is 8.79. The SMILES string of the molecule is Cc1ccc(/C=C2\SC(=O)N(Cc3cccc(Cl)c3)C2=O)cc1[N+](=O)[O-]. The maximum Gasteiger partial charge on any atom is 0.293 e. The smallest absolute Gasteiger partial charge is 0.268 e. The van der Waals surface area contributed by atoms with Crippen molar-refractivity contribution in [2.45, 2.75) is 13.5 Å². The van der Waals surface area contributed by atoms with Gasteiger partial charge in [0.25, 0.3) is 16.8 Å². The lowest BCUT2D eigenvalue weighted by Crippen LogP contribution is -2.27. The Morgan fingerprint density at radius 3 is 2.69 bits per heavy atom. The summed E-state index contributed by atoms with van der Waals surface area (Å²) in [7, 11) is 0. The molecular formula is C18H13ClN2O4S. The Morgan fingerprint density at radius 1 is 1.23 bits per heavy atom. The van der Waals surface area contributed by atoms with Crippen LogP contribution < -0.4 is 0 Å². The second-order valence-electron chi connectivity index (χ2n) is 5.70. The van der Waals surface area contributed by atoms with Crippen LogP contribution in [0.2, 0.25) is 5.02 Å². The van der Waals surface area contributed by atoms with E-state index in [4.69, 9.17) is 11.6 Å². The van der Waals surface area contributed by atoms with Gasteiger partial charge in [-0.25, -0.2) is 0 Å². The van der Waals surface area contributed by atoms with E-state index in [0.29, 0.717) is 16.1 Å². The highest BCUT2D eigenvalue weighted by Gasteiger charge is 2.35. The second kappa shape index (κ2) is 7.31. The molecule has 6 nitrogen and oxygen atoms in total. The number of hydrogen-bond acceptors (Lipinski definition) is 5. The molecule has 1 aliphatic rings. The molecule has 0 atom stereocenters. The Kier molecular flexibility index (Phi) is 5.11. The molecule has 0 spiro atoms. The van der Waals surface area contributed by atoms with Gasteiger partial charge in [-0.15, -0.1) is 0 Å². The molecule has 1 saturated heterocycles. The van der Waals surface area contributed by atoms with Crippen LogP contribution >= 0.6 is 23.4 Å². The average molecular weight is 389 g/mol. The lowest BCUT2D eigenvalue weighted by molar-refractivity contribution is -0.385. The van der Waals surface area contributed by atoms with Gasteiger partial charge < -0.3 is 0 Å². The Balaban J connectivity index is 1.85. The quantitative estimate of drug-likeness (QED) is 0.427. The van der Waals surface area contributed by atoms with Gasteiger partial charge in [0.1, 0.15) is 0 Å². The summed E-state index contributed by atoms with van der Waals surface area (Å²) < 4.78 is 0. The van der Waals surface area contributed by atoms with Crippen LogP contribution in [0.1, 0.15) is 16.7 Å². The molecule has 0 aliphatic carbocycles. The number of carbonyl (C=O) groups is 2. The van der Waals surface area contributed by atoms with Crippen molar-refractivity contribution in [3.8, 4) is 0 Å². The van der Waals surface area contributed by atoms with Crippen LogP contribution in [0.3, 0.4) is 0 Å². The zero-order valence-corrected chi connectivity index (χ0v) is 15.2. The summed E-state index contributed by atoms with van der Waals surface area (Å²) in [4.78, 5) is 36.7. The first-order valence-electron chi connectivity index (χ1n) is 7.60. The van der Waals surface area contributed by atoms with Gasteiger partial charge in [-0.2, -0.15) is 0 Å². The van der Waals surface area contributed by atoms with Crippen molar-refractivity contribution in [1.82, 2.24) is 4.90 Å². The molecule has 0 aromatic heterocycles. The third-order valence-corrected chi connectivity index (χ3v) is 4.97. The van der Waals surface area contributed by atoms with Crippen LogP contribution in [-0.2, 0) is 11.3 Å². The summed E-state index contributed by atoms with van der Waals surface area (Å²) in [6, 6.07) is 11.6. The summed E-state index contributed by atoms with van der Waals surface area (Å²) in [5.74, 6) is -0.428. The van der Waals surface area contributed by atoms with Gasteiger partial charge in [0.05, 0.1) is 16.4 Å². The highest BCUT2D eigenvalue weighted by Crippen LogP contribution is 2.34. The summed E-state index contributed by atoms with van der Waals surface area (Å²) in [6.45, 7) is 1.76. The minimum atomic E-state index is -0.475. The first kappa shape index (κ1) is 18.2. The number of nitrogens with zero attached hydrogens (tertiary/aromatic N) is 2. The number of aryl methyl sites for hydroxylation is 1. The normalized spacial score (nSPS) is 15.8. The van der Waals surface area contributed by atoms with Crippen molar-refractivity contribution in [2.24, 2.45) is 0 Å². The standard InChI is InChI=1S/C18H13ClN2O4S/c1-11-5-6-12(8-15(11)21(24)25)9-16-17(22)20(18(23)26-16)10-13-3-2-4-14(19)7-13/h2-9H,10H2,1H3/b16-9-. The maximum atomic E-state index is 12.5. The fraction of sp³-hybridized carbons (Fsp3) is 0.111. The van der Waals surface area contributed by atoms with E-state index in [1.807, 2.05) is 0 Å². The molecule has 1 aliphatic heterocycles. The van der Waals surface area contributed by atoms with E-state index < -0.39 is 10.8 Å². The molecule has 0 saturated carbocycles. The molecule has 0 bridgehead atoms. The predicted molar refractivity (Wildman–Crippen MR) is 101 cm³/mol. The molecule has 8 heteroatoms. The zero-order chi connectivity index (χ0) is 18.8. The fourth-order valence-electron chi connectivity index (χ4n) is 2.52. The summed E-state index contributed by atoms with van der Waals surface area (Å²) in [6.07, 6.45) is 1.50. The van der Waals surface area contributed by atoms with Gasteiger partial charge in [0, 0.05) is 16.7 Å². The minimum Gasteiger partial charge on any atom is -0.268 e. The Bertz CT molecular complexity index is 958.